The summed E-state index contributed by atoms with van der Waals surface area (Å²) in [5.41, 5.74) is 1.16. The summed E-state index contributed by atoms with van der Waals surface area (Å²) in [4.78, 5) is 2.42. The summed E-state index contributed by atoms with van der Waals surface area (Å²) >= 11 is 0. The van der Waals surface area contributed by atoms with Crippen LogP contribution in [0, 0.1) is 11.3 Å². The maximum absolute atomic E-state index is 9.81. The maximum atomic E-state index is 9.81. The van der Waals surface area contributed by atoms with Crippen molar-refractivity contribution in [1.29, 1.82) is 5.26 Å². The molecule has 0 bridgehead atoms. The molecule has 2 unspecified atom stereocenters. The molecule has 1 saturated heterocycles. The summed E-state index contributed by atoms with van der Waals surface area (Å²) in [6.07, 6.45) is 4.85. The monoisotopic (exact) mass is 278 g/mol. The topological polar surface area (TPSA) is 27.0 Å². The summed E-state index contributed by atoms with van der Waals surface area (Å²) in [5, 5.41) is 12.3. The number of nitrogens with zero attached hydrogens (tertiary/aromatic N) is 2. The lowest BCUT2D eigenvalue weighted by Crippen LogP contribution is -2.41. The molecule has 1 fully saturated rings. The number of benzene rings is 2. The van der Waals surface area contributed by atoms with Gasteiger partial charge in [-0.05, 0) is 35.6 Å². The normalized spacial score (nSPS) is 21.0. The molecule has 2 aromatic rings. The first-order valence-electron chi connectivity index (χ1n) is 7.98. The zero-order chi connectivity index (χ0) is 14.7. The van der Waals surface area contributed by atoms with Crippen molar-refractivity contribution in [2.24, 2.45) is 0 Å². The Morgan fingerprint density at radius 2 is 2.00 bits per heavy atom. The van der Waals surface area contributed by atoms with Gasteiger partial charge in [-0.25, -0.2) is 0 Å². The van der Waals surface area contributed by atoms with Gasteiger partial charge in [0.2, 0.25) is 0 Å². The van der Waals surface area contributed by atoms with E-state index in [9.17, 15) is 5.26 Å². The average Bonchev–Trinajstić information content (AvgIpc) is 2.56. The molecule has 2 heteroatoms. The Balaban J connectivity index is 2.04. The molecule has 2 nitrogen and oxygen atoms in total. The first-order valence-corrected chi connectivity index (χ1v) is 7.98. The quantitative estimate of drug-likeness (QED) is 0.815. The highest BCUT2D eigenvalue weighted by Gasteiger charge is 2.29. The predicted molar refractivity (Wildman–Crippen MR) is 86.9 cm³/mol. The summed E-state index contributed by atoms with van der Waals surface area (Å²) < 4.78 is 0. The van der Waals surface area contributed by atoms with E-state index in [0.717, 1.165) is 18.5 Å². The molecule has 0 saturated carbocycles. The fraction of sp³-hybridized carbons (Fsp3) is 0.421. The van der Waals surface area contributed by atoms with Gasteiger partial charge in [-0.2, -0.15) is 5.26 Å². The molecular weight excluding hydrogens is 256 g/mol. The highest BCUT2D eigenvalue weighted by Crippen LogP contribution is 2.33. The number of hydrogen-bond acceptors (Lipinski definition) is 2. The molecular formula is C19H22N2. The molecule has 0 spiro atoms. The van der Waals surface area contributed by atoms with Gasteiger partial charge in [-0.1, -0.05) is 55.8 Å². The van der Waals surface area contributed by atoms with Gasteiger partial charge >= 0.3 is 0 Å². The smallest absolute Gasteiger partial charge is 0.124 e. The lowest BCUT2D eigenvalue weighted by Gasteiger charge is -2.38. The molecule has 1 aliphatic rings. The Morgan fingerprint density at radius 1 is 1.19 bits per heavy atom. The molecule has 0 N–H and O–H groups in total. The summed E-state index contributed by atoms with van der Waals surface area (Å²) in [6.45, 7) is 3.28. The largest absolute Gasteiger partial charge is 0.281 e. The summed E-state index contributed by atoms with van der Waals surface area (Å²) in [5.74, 6) is 0. The number of piperidine rings is 1. The van der Waals surface area contributed by atoms with Crippen LogP contribution in [-0.4, -0.2) is 17.5 Å². The second-order valence-corrected chi connectivity index (χ2v) is 5.90. The van der Waals surface area contributed by atoms with Crippen molar-refractivity contribution in [3.8, 4) is 6.07 Å². The van der Waals surface area contributed by atoms with Gasteiger partial charge in [0.05, 0.1) is 6.07 Å². The van der Waals surface area contributed by atoms with E-state index >= 15 is 0 Å². The molecule has 21 heavy (non-hydrogen) atoms. The third kappa shape index (κ3) is 2.66. The first-order chi connectivity index (χ1) is 10.3. The van der Waals surface area contributed by atoms with Crippen LogP contribution in [-0.2, 0) is 0 Å². The van der Waals surface area contributed by atoms with Gasteiger partial charge in [-0.15, -0.1) is 0 Å². The highest BCUT2D eigenvalue weighted by atomic mass is 15.2. The molecule has 0 aliphatic carbocycles. The molecule has 2 atom stereocenters. The van der Waals surface area contributed by atoms with E-state index in [1.54, 1.807) is 0 Å². The molecule has 1 aliphatic heterocycles. The average molecular weight is 278 g/mol. The molecule has 0 aromatic heterocycles. The van der Waals surface area contributed by atoms with E-state index in [1.165, 1.54) is 30.0 Å². The second kappa shape index (κ2) is 6.28. The summed E-state index contributed by atoms with van der Waals surface area (Å²) in [7, 11) is 0. The third-order valence-corrected chi connectivity index (χ3v) is 4.72. The van der Waals surface area contributed by atoms with Crippen molar-refractivity contribution in [3.63, 3.8) is 0 Å². The van der Waals surface area contributed by atoms with Crippen LogP contribution < -0.4 is 0 Å². The van der Waals surface area contributed by atoms with Crippen LogP contribution in [0.25, 0.3) is 10.8 Å². The van der Waals surface area contributed by atoms with Crippen LogP contribution in [0.3, 0.4) is 0 Å². The van der Waals surface area contributed by atoms with Crippen molar-refractivity contribution in [3.05, 3.63) is 48.0 Å². The minimum absolute atomic E-state index is 0.124. The van der Waals surface area contributed by atoms with Crippen molar-refractivity contribution in [1.82, 2.24) is 4.90 Å². The first kappa shape index (κ1) is 14.1. The molecule has 2 aromatic carbocycles. The summed E-state index contributed by atoms with van der Waals surface area (Å²) in [6, 6.07) is 17.7. The fourth-order valence-electron chi connectivity index (χ4n) is 3.61. The highest BCUT2D eigenvalue weighted by molar-refractivity contribution is 5.86. The van der Waals surface area contributed by atoms with E-state index in [4.69, 9.17) is 0 Å². The van der Waals surface area contributed by atoms with E-state index in [2.05, 4.69) is 60.4 Å². The predicted octanol–water partition coefficient (Wildman–Crippen LogP) is 4.67. The Kier molecular flexibility index (Phi) is 4.22. The van der Waals surface area contributed by atoms with Gasteiger partial charge < -0.3 is 0 Å². The zero-order valence-corrected chi connectivity index (χ0v) is 12.6. The van der Waals surface area contributed by atoms with Gasteiger partial charge in [0.15, 0.2) is 0 Å². The van der Waals surface area contributed by atoms with Crippen molar-refractivity contribution in [2.45, 2.75) is 44.7 Å². The van der Waals surface area contributed by atoms with E-state index in [0.29, 0.717) is 6.04 Å². The Morgan fingerprint density at radius 3 is 2.81 bits per heavy atom. The Labute approximate surface area is 127 Å². The number of fused-ring (bicyclic) bond motifs is 1. The van der Waals surface area contributed by atoms with Gasteiger partial charge in [-0.3, -0.25) is 4.90 Å². The van der Waals surface area contributed by atoms with Crippen LogP contribution in [0.1, 0.15) is 44.2 Å². The number of nitriles is 1. The lowest BCUT2D eigenvalue weighted by molar-refractivity contribution is 0.117. The van der Waals surface area contributed by atoms with Crippen molar-refractivity contribution < 1.29 is 0 Å². The molecule has 0 radical (unpaired) electrons. The Bertz CT molecular complexity index is 651. The number of likely N-dealkylation sites (tertiary alicyclic amines) is 1. The lowest BCUT2D eigenvalue weighted by atomic mass is 9.93. The molecule has 0 amide bonds. The standard InChI is InChI=1S/C19H22N2/c1-2-16-10-5-6-13-21(16)19(14-20)18-12-7-9-15-8-3-4-11-17(15)18/h3-4,7-9,11-12,16,19H,2,5-6,10,13H2,1H3. The minimum Gasteiger partial charge on any atom is -0.281 e. The van der Waals surface area contributed by atoms with Crippen LogP contribution in [0.4, 0.5) is 0 Å². The van der Waals surface area contributed by atoms with Crippen LogP contribution in [0.2, 0.25) is 0 Å². The van der Waals surface area contributed by atoms with Crippen LogP contribution in [0.5, 0.6) is 0 Å². The molecule has 108 valence electrons. The van der Waals surface area contributed by atoms with E-state index in [1.807, 2.05) is 0 Å². The van der Waals surface area contributed by atoms with Crippen molar-refractivity contribution >= 4 is 10.8 Å². The molecule has 3 rings (SSSR count). The minimum atomic E-state index is -0.124. The molecule has 1 heterocycles. The van der Waals surface area contributed by atoms with Gasteiger partial charge in [0.1, 0.15) is 6.04 Å². The maximum Gasteiger partial charge on any atom is 0.124 e. The Hall–Kier alpha value is -1.85. The van der Waals surface area contributed by atoms with Gasteiger partial charge in [0, 0.05) is 12.6 Å². The van der Waals surface area contributed by atoms with E-state index < -0.39 is 0 Å². The van der Waals surface area contributed by atoms with Gasteiger partial charge in [0.25, 0.3) is 0 Å². The number of hydrogen-bond donors (Lipinski definition) is 0. The van der Waals surface area contributed by atoms with Crippen LogP contribution >= 0.6 is 0 Å². The van der Waals surface area contributed by atoms with E-state index in [-0.39, 0.29) is 6.04 Å². The second-order valence-electron chi connectivity index (χ2n) is 5.90. The van der Waals surface area contributed by atoms with Crippen molar-refractivity contribution in [2.75, 3.05) is 6.54 Å². The SMILES string of the molecule is CCC1CCCCN1C(C#N)c1cccc2ccccc12. The fourth-order valence-corrected chi connectivity index (χ4v) is 3.61. The third-order valence-electron chi connectivity index (χ3n) is 4.72. The van der Waals surface area contributed by atoms with Crippen LogP contribution in [0.15, 0.2) is 42.5 Å². The number of rotatable bonds is 3. The zero-order valence-electron chi connectivity index (χ0n) is 12.6.